The molecule has 0 saturated carbocycles. The van der Waals surface area contributed by atoms with Crippen LogP contribution in [-0.4, -0.2) is 64.4 Å². The third-order valence-corrected chi connectivity index (χ3v) is 4.79. The van der Waals surface area contributed by atoms with Crippen LogP contribution >= 0.6 is 23.2 Å². The highest BCUT2D eigenvalue weighted by Crippen LogP contribution is 2.35. The van der Waals surface area contributed by atoms with Gasteiger partial charge in [-0.15, -0.1) is 0 Å². The molecule has 1 rings (SSSR count). The van der Waals surface area contributed by atoms with Gasteiger partial charge < -0.3 is 14.2 Å². The zero-order valence-electron chi connectivity index (χ0n) is 15.6. The van der Waals surface area contributed by atoms with Gasteiger partial charge in [0.05, 0.1) is 18.2 Å². The van der Waals surface area contributed by atoms with Crippen molar-refractivity contribution in [2.75, 3.05) is 53.7 Å². The van der Waals surface area contributed by atoms with Crippen molar-refractivity contribution in [2.24, 2.45) is 0 Å². The van der Waals surface area contributed by atoms with Crippen LogP contribution in [0.25, 0.3) is 0 Å². The van der Waals surface area contributed by atoms with E-state index in [-0.39, 0.29) is 15.8 Å². The van der Waals surface area contributed by atoms with E-state index in [0.29, 0.717) is 49.7 Å². The first-order valence-electron chi connectivity index (χ1n) is 8.49. The van der Waals surface area contributed by atoms with Crippen molar-refractivity contribution >= 4 is 29.0 Å². The van der Waals surface area contributed by atoms with Crippen LogP contribution < -0.4 is 4.74 Å². The van der Waals surface area contributed by atoms with Crippen LogP contribution in [0.3, 0.4) is 0 Å². The van der Waals surface area contributed by atoms with Gasteiger partial charge in [-0.25, -0.2) is 0 Å². The Balaban J connectivity index is 2.71. The number of Topliss-reactive ketones (excluding diaryl/α,β-unsaturated/α-hetero) is 1. The number of nitrogens with zero attached hydrogens (tertiary/aromatic N) is 1. The van der Waals surface area contributed by atoms with Crippen LogP contribution in [-0.2, 0) is 9.47 Å². The van der Waals surface area contributed by atoms with Gasteiger partial charge in [0.2, 0.25) is 0 Å². The molecule has 7 heteroatoms. The smallest absolute Gasteiger partial charge is 0.189 e. The number of ketones is 1. The minimum atomic E-state index is -0.198. The lowest BCUT2D eigenvalue weighted by Crippen LogP contribution is -2.34. The zero-order chi connectivity index (χ0) is 19.5. The molecule has 0 aliphatic heterocycles. The van der Waals surface area contributed by atoms with Crippen LogP contribution in [0.5, 0.6) is 5.75 Å². The molecule has 0 atom stereocenters. The summed E-state index contributed by atoms with van der Waals surface area (Å²) in [7, 11) is 3.34. The fraction of sp³-hybridized carbons (Fsp3) is 0.526. The maximum absolute atomic E-state index is 12.3. The number of hydrogen-bond acceptors (Lipinski definition) is 5. The van der Waals surface area contributed by atoms with Gasteiger partial charge in [0.25, 0.3) is 0 Å². The normalized spacial score (nSPS) is 11.0. The summed E-state index contributed by atoms with van der Waals surface area (Å²) in [5, 5.41) is 0.432. The van der Waals surface area contributed by atoms with E-state index in [1.807, 2.05) is 6.92 Å². The highest BCUT2D eigenvalue weighted by atomic mass is 35.5. The first-order valence-corrected chi connectivity index (χ1v) is 9.25. The van der Waals surface area contributed by atoms with Gasteiger partial charge in [-0.2, -0.15) is 0 Å². The van der Waals surface area contributed by atoms with Crippen LogP contribution in [0.15, 0.2) is 24.3 Å². The second kappa shape index (κ2) is 12.3. The average molecular weight is 404 g/mol. The van der Waals surface area contributed by atoms with Gasteiger partial charge in [-0.3, -0.25) is 9.69 Å². The summed E-state index contributed by atoms with van der Waals surface area (Å²) in [4.78, 5) is 14.4. The number of ether oxygens (including phenoxy) is 3. The van der Waals surface area contributed by atoms with Gasteiger partial charge in [0.15, 0.2) is 5.78 Å². The lowest BCUT2D eigenvalue weighted by atomic mass is 10.0. The van der Waals surface area contributed by atoms with Gasteiger partial charge in [-0.1, -0.05) is 36.7 Å². The number of hydrogen-bond donors (Lipinski definition) is 0. The van der Waals surface area contributed by atoms with Crippen LogP contribution in [0.2, 0.25) is 10.0 Å². The molecule has 0 radical (unpaired) electrons. The molecule has 0 unspecified atom stereocenters. The molecule has 0 amide bonds. The van der Waals surface area contributed by atoms with Crippen molar-refractivity contribution in [2.45, 2.75) is 13.3 Å². The topological polar surface area (TPSA) is 48.0 Å². The molecule has 146 valence electrons. The minimum absolute atomic E-state index is 0.194. The van der Waals surface area contributed by atoms with Crippen molar-refractivity contribution < 1.29 is 19.0 Å². The van der Waals surface area contributed by atoms with E-state index in [0.717, 1.165) is 13.1 Å². The summed E-state index contributed by atoms with van der Waals surface area (Å²) in [6.45, 7) is 9.57. The largest absolute Gasteiger partial charge is 0.491 e. The predicted molar refractivity (Wildman–Crippen MR) is 106 cm³/mol. The van der Waals surface area contributed by atoms with E-state index in [1.54, 1.807) is 26.4 Å². The van der Waals surface area contributed by atoms with Crippen LogP contribution in [0.1, 0.15) is 23.7 Å². The molecule has 0 aromatic heterocycles. The monoisotopic (exact) mass is 403 g/mol. The van der Waals surface area contributed by atoms with Crippen molar-refractivity contribution in [1.29, 1.82) is 0 Å². The van der Waals surface area contributed by atoms with Gasteiger partial charge in [-0.05, 0) is 24.1 Å². The van der Waals surface area contributed by atoms with E-state index in [1.165, 1.54) is 0 Å². The van der Waals surface area contributed by atoms with Crippen LogP contribution in [0.4, 0.5) is 0 Å². The summed E-state index contributed by atoms with van der Waals surface area (Å²) in [5.41, 5.74) is 0.834. The number of rotatable bonds is 13. The first-order chi connectivity index (χ1) is 12.5. The minimum Gasteiger partial charge on any atom is -0.491 e. The highest BCUT2D eigenvalue weighted by molar-refractivity contribution is 6.45. The first kappa shape index (κ1) is 22.9. The van der Waals surface area contributed by atoms with E-state index in [9.17, 15) is 4.79 Å². The summed E-state index contributed by atoms with van der Waals surface area (Å²) in [6.07, 6.45) is 0.559. The fourth-order valence-electron chi connectivity index (χ4n) is 2.23. The zero-order valence-corrected chi connectivity index (χ0v) is 17.2. The molecule has 1 aromatic rings. The number of carbonyl (C=O) groups excluding carboxylic acids is 1. The highest BCUT2D eigenvalue weighted by Gasteiger charge is 2.18. The molecule has 0 fully saturated rings. The molecule has 0 spiro atoms. The number of carbonyl (C=O) groups is 1. The van der Waals surface area contributed by atoms with Crippen molar-refractivity contribution in [3.63, 3.8) is 0 Å². The summed E-state index contributed by atoms with van der Waals surface area (Å²) in [6, 6.07) is 3.29. The molecule has 26 heavy (non-hydrogen) atoms. The number of benzene rings is 1. The summed E-state index contributed by atoms with van der Waals surface area (Å²) < 4.78 is 16.0. The third-order valence-electron chi connectivity index (χ3n) is 3.93. The second-order valence-corrected chi connectivity index (χ2v) is 6.46. The molecular weight excluding hydrogens is 377 g/mol. The number of allylic oxidation sites excluding steroid dienone is 1. The average Bonchev–Trinajstić information content (AvgIpc) is 2.65. The Kier molecular flexibility index (Phi) is 10.9. The van der Waals surface area contributed by atoms with Gasteiger partial charge in [0.1, 0.15) is 17.4 Å². The lowest BCUT2D eigenvalue weighted by Gasteiger charge is -2.22. The van der Waals surface area contributed by atoms with Crippen molar-refractivity contribution in [1.82, 2.24) is 4.90 Å². The number of methoxy groups -OCH3 is 2. The maximum Gasteiger partial charge on any atom is 0.189 e. The Morgan fingerprint density at radius 3 is 2.15 bits per heavy atom. The second-order valence-electron chi connectivity index (χ2n) is 5.70. The molecule has 0 aliphatic carbocycles. The fourth-order valence-corrected chi connectivity index (χ4v) is 2.69. The van der Waals surface area contributed by atoms with Crippen LogP contribution in [0, 0.1) is 0 Å². The van der Waals surface area contributed by atoms with E-state index in [2.05, 4.69) is 11.5 Å². The molecule has 0 bridgehead atoms. The quantitative estimate of drug-likeness (QED) is 0.366. The standard InChI is InChI=1S/C19H27Cl2NO4/c1-5-14(2)19(23)15-6-7-16(18(21)17(15)20)26-13-10-22(8-11-24-3)9-12-25-4/h6-7H,2,5,8-13H2,1,3-4H3. The molecule has 0 aliphatic rings. The third kappa shape index (κ3) is 6.89. The van der Waals surface area contributed by atoms with Crippen molar-refractivity contribution in [3.05, 3.63) is 39.9 Å². The Morgan fingerprint density at radius 1 is 1.04 bits per heavy atom. The van der Waals surface area contributed by atoms with Crippen molar-refractivity contribution in [3.8, 4) is 5.75 Å². The lowest BCUT2D eigenvalue weighted by molar-refractivity contribution is 0.103. The molecular formula is C19H27Cl2NO4. The Morgan fingerprint density at radius 2 is 1.62 bits per heavy atom. The summed E-state index contributed by atoms with van der Waals surface area (Å²) >= 11 is 12.5. The Hall–Kier alpha value is -1.11. The van der Waals surface area contributed by atoms with Gasteiger partial charge in [0, 0.05) is 39.4 Å². The van der Waals surface area contributed by atoms with E-state index in [4.69, 9.17) is 37.4 Å². The van der Waals surface area contributed by atoms with E-state index < -0.39 is 0 Å². The molecule has 1 aromatic carbocycles. The van der Waals surface area contributed by atoms with Gasteiger partial charge >= 0.3 is 0 Å². The molecule has 5 nitrogen and oxygen atoms in total. The van der Waals surface area contributed by atoms with E-state index >= 15 is 0 Å². The Bertz CT molecular complexity index is 599. The molecule has 0 saturated heterocycles. The molecule has 0 N–H and O–H groups in total. The maximum atomic E-state index is 12.3. The molecule has 0 heterocycles. The Labute approximate surface area is 165 Å². The number of halogens is 2. The SMILES string of the molecule is C=C(CC)C(=O)c1ccc(OCCN(CCOC)CCOC)c(Cl)c1Cl. The predicted octanol–water partition coefficient (Wildman–Crippen LogP) is 4.12. The summed E-state index contributed by atoms with van der Waals surface area (Å²) in [5.74, 6) is 0.255.